The van der Waals surface area contributed by atoms with Crippen molar-refractivity contribution in [2.24, 2.45) is 10.2 Å². The van der Waals surface area contributed by atoms with E-state index in [1.54, 1.807) is 43.3 Å². The van der Waals surface area contributed by atoms with E-state index in [1.165, 1.54) is 14.2 Å². The van der Waals surface area contributed by atoms with Crippen LogP contribution in [0.4, 0.5) is 17.1 Å². The van der Waals surface area contributed by atoms with Gasteiger partial charge in [0.15, 0.2) is 0 Å². The van der Waals surface area contributed by atoms with Crippen molar-refractivity contribution < 1.29 is 19.0 Å². The molecular weight excluding hydrogens is 310 g/mol. The zero-order valence-corrected chi connectivity index (χ0v) is 13.8. The normalized spacial score (nSPS) is 10.6. The first-order chi connectivity index (χ1) is 11.6. The van der Waals surface area contributed by atoms with Crippen LogP contribution >= 0.6 is 0 Å². The number of hydrogen-bond donors (Lipinski definition) is 1. The molecule has 7 nitrogen and oxygen atoms in total. The lowest BCUT2D eigenvalue weighted by atomic mass is 10.2. The molecule has 0 atom stereocenters. The van der Waals surface area contributed by atoms with Gasteiger partial charge in [-0.3, -0.25) is 0 Å². The molecule has 7 heteroatoms. The molecule has 0 radical (unpaired) electrons. The van der Waals surface area contributed by atoms with Crippen molar-refractivity contribution in [3.63, 3.8) is 0 Å². The Bertz CT molecular complexity index is 759. The summed E-state index contributed by atoms with van der Waals surface area (Å²) in [6, 6.07) is 10.0. The van der Waals surface area contributed by atoms with E-state index in [9.17, 15) is 4.79 Å². The first-order valence-corrected chi connectivity index (χ1v) is 7.30. The van der Waals surface area contributed by atoms with Gasteiger partial charge in [0.05, 0.1) is 32.1 Å². The van der Waals surface area contributed by atoms with Crippen molar-refractivity contribution in [2.45, 2.75) is 6.92 Å². The van der Waals surface area contributed by atoms with Crippen LogP contribution in [0.1, 0.15) is 17.3 Å². The predicted molar refractivity (Wildman–Crippen MR) is 90.5 cm³/mol. The Morgan fingerprint density at radius 1 is 1.04 bits per heavy atom. The summed E-state index contributed by atoms with van der Waals surface area (Å²) in [5, 5.41) is 8.30. The van der Waals surface area contributed by atoms with Crippen LogP contribution in [-0.4, -0.2) is 26.8 Å². The monoisotopic (exact) mass is 329 g/mol. The highest BCUT2D eigenvalue weighted by Crippen LogP contribution is 2.37. The van der Waals surface area contributed by atoms with Gasteiger partial charge in [-0.15, -0.1) is 10.2 Å². The van der Waals surface area contributed by atoms with Crippen LogP contribution in [-0.2, 0) is 4.74 Å². The maximum Gasteiger partial charge on any atom is 0.340 e. The molecule has 2 aromatic rings. The summed E-state index contributed by atoms with van der Waals surface area (Å²) in [6.45, 7) is 2.03. The standard InChI is InChI=1S/C17H19N3O4/c1-4-24-17(21)11-7-5-6-8-13(11)19-20-14-10-15(22-2)12(18)9-16(14)23-3/h5-10H,4,18H2,1-3H3. The van der Waals surface area contributed by atoms with Gasteiger partial charge in [-0.05, 0) is 19.1 Å². The van der Waals surface area contributed by atoms with E-state index in [2.05, 4.69) is 10.2 Å². The van der Waals surface area contributed by atoms with E-state index in [0.717, 1.165) is 0 Å². The van der Waals surface area contributed by atoms with Crippen LogP contribution in [0.3, 0.4) is 0 Å². The first kappa shape index (κ1) is 17.3. The number of esters is 1. The van der Waals surface area contributed by atoms with Gasteiger partial charge in [-0.1, -0.05) is 12.1 Å². The molecule has 0 bridgehead atoms. The highest BCUT2D eigenvalue weighted by molar-refractivity contribution is 5.94. The number of azo groups is 1. The van der Waals surface area contributed by atoms with Gasteiger partial charge in [-0.2, -0.15) is 0 Å². The molecule has 0 spiro atoms. The topological polar surface area (TPSA) is 95.5 Å². The van der Waals surface area contributed by atoms with Crippen LogP contribution in [0.5, 0.6) is 11.5 Å². The molecule has 0 saturated carbocycles. The van der Waals surface area contributed by atoms with Crippen LogP contribution in [0.2, 0.25) is 0 Å². The minimum atomic E-state index is -0.450. The number of nitrogens with two attached hydrogens (primary N) is 1. The van der Waals surface area contributed by atoms with Crippen LogP contribution in [0.25, 0.3) is 0 Å². The number of nitrogen functional groups attached to an aromatic ring is 1. The second kappa shape index (κ2) is 7.96. The van der Waals surface area contributed by atoms with Gasteiger partial charge in [0.25, 0.3) is 0 Å². The molecule has 2 aromatic carbocycles. The number of carbonyl (C=O) groups excluding carboxylic acids is 1. The highest BCUT2D eigenvalue weighted by Gasteiger charge is 2.13. The lowest BCUT2D eigenvalue weighted by Gasteiger charge is -2.09. The highest BCUT2D eigenvalue weighted by atomic mass is 16.5. The van der Waals surface area contributed by atoms with Gasteiger partial charge in [-0.25, -0.2) is 4.79 Å². The number of benzene rings is 2. The number of nitrogens with zero attached hydrogens (tertiary/aromatic N) is 2. The Balaban J connectivity index is 2.40. The quantitative estimate of drug-likeness (QED) is 0.493. The van der Waals surface area contributed by atoms with Crippen LogP contribution in [0, 0.1) is 0 Å². The summed E-state index contributed by atoms with van der Waals surface area (Å²) in [6.07, 6.45) is 0. The molecule has 2 N–H and O–H groups in total. The molecule has 0 aliphatic heterocycles. The fourth-order valence-electron chi connectivity index (χ4n) is 2.03. The van der Waals surface area contributed by atoms with Crippen LogP contribution in [0.15, 0.2) is 46.6 Å². The first-order valence-electron chi connectivity index (χ1n) is 7.30. The van der Waals surface area contributed by atoms with E-state index in [-0.39, 0.29) is 6.61 Å². The number of ether oxygens (including phenoxy) is 3. The molecule has 24 heavy (non-hydrogen) atoms. The maximum absolute atomic E-state index is 12.0. The summed E-state index contributed by atoms with van der Waals surface area (Å²) in [7, 11) is 3.02. The minimum Gasteiger partial charge on any atom is -0.495 e. The lowest BCUT2D eigenvalue weighted by Crippen LogP contribution is -2.04. The van der Waals surface area contributed by atoms with Gasteiger partial charge in [0.2, 0.25) is 0 Å². The molecule has 0 aliphatic carbocycles. The average Bonchev–Trinajstić information content (AvgIpc) is 2.60. The van der Waals surface area contributed by atoms with E-state index < -0.39 is 5.97 Å². The van der Waals surface area contributed by atoms with Crippen LogP contribution < -0.4 is 15.2 Å². The molecule has 0 aromatic heterocycles. The minimum absolute atomic E-state index is 0.285. The number of carbonyl (C=O) groups is 1. The van der Waals surface area contributed by atoms with E-state index in [4.69, 9.17) is 19.9 Å². The van der Waals surface area contributed by atoms with Gasteiger partial charge < -0.3 is 19.9 Å². The number of rotatable bonds is 6. The Morgan fingerprint density at radius 2 is 1.71 bits per heavy atom. The van der Waals surface area contributed by atoms with E-state index in [1.807, 2.05) is 0 Å². The summed E-state index contributed by atoms with van der Waals surface area (Å²) in [5.41, 5.74) is 7.44. The lowest BCUT2D eigenvalue weighted by molar-refractivity contribution is 0.0527. The molecule has 2 rings (SSSR count). The Labute approximate surface area is 140 Å². The SMILES string of the molecule is CCOC(=O)c1ccccc1N=Nc1cc(OC)c(N)cc1OC. The van der Waals surface area contributed by atoms with E-state index >= 15 is 0 Å². The number of hydrogen-bond acceptors (Lipinski definition) is 7. The fourth-order valence-corrected chi connectivity index (χ4v) is 2.03. The number of anilines is 1. The third kappa shape index (κ3) is 3.81. The van der Waals surface area contributed by atoms with Crippen molar-refractivity contribution in [3.05, 3.63) is 42.0 Å². The second-order valence-electron chi connectivity index (χ2n) is 4.70. The maximum atomic E-state index is 12.0. The Morgan fingerprint density at radius 3 is 2.38 bits per heavy atom. The van der Waals surface area contributed by atoms with Crippen molar-refractivity contribution in [1.29, 1.82) is 0 Å². The number of methoxy groups -OCH3 is 2. The largest absolute Gasteiger partial charge is 0.495 e. The summed E-state index contributed by atoms with van der Waals surface area (Å²) in [4.78, 5) is 12.0. The molecule has 0 heterocycles. The third-order valence-electron chi connectivity index (χ3n) is 3.20. The average molecular weight is 329 g/mol. The zero-order chi connectivity index (χ0) is 17.5. The summed E-state index contributed by atoms with van der Waals surface area (Å²) < 4.78 is 15.4. The molecule has 126 valence electrons. The fraction of sp³-hybridized carbons (Fsp3) is 0.235. The molecule has 0 fully saturated rings. The molecular formula is C17H19N3O4. The molecule has 0 aliphatic rings. The molecule has 0 unspecified atom stereocenters. The molecule has 0 saturated heterocycles. The Hall–Kier alpha value is -3.09. The second-order valence-corrected chi connectivity index (χ2v) is 4.70. The smallest absolute Gasteiger partial charge is 0.340 e. The summed E-state index contributed by atoms with van der Waals surface area (Å²) >= 11 is 0. The predicted octanol–water partition coefficient (Wildman–Crippen LogP) is 3.88. The molecule has 0 amide bonds. The Kier molecular flexibility index (Phi) is 5.73. The zero-order valence-electron chi connectivity index (χ0n) is 13.8. The van der Waals surface area contributed by atoms with Crippen molar-refractivity contribution >= 4 is 23.0 Å². The third-order valence-corrected chi connectivity index (χ3v) is 3.20. The summed E-state index contributed by atoms with van der Waals surface area (Å²) in [5.74, 6) is 0.461. The van der Waals surface area contributed by atoms with Gasteiger partial charge in [0.1, 0.15) is 22.9 Å². The van der Waals surface area contributed by atoms with Crippen molar-refractivity contribution in [2.75, 3.05) is 26.6 Å². The van der Waals surface area contributed by atoms with Gasteiger partial charge in [0, 0.05) is 12.1 Å². The van der Waals surface area contributed by atoms with Gasteiger partial charge >= 0.3 is 5.97 Å². The van der Waals surface area contributed by atoms with Crippen molar-refractivity contribution in [3.8, 4) is 11.5 Å². The van der Waals surface area contributed by atoms with Crippen molar-refractivity contribution in [1.82, 2.24) is 0 Å². The van der Waals surface area contributed by atoms with E-state index in [0.29, 0.717) is 34.1 Å².